The van der Waals surface area contributed by atoms with Crippen LogP contribution in [0.15, 0.2) is 24.3 Å². The number of likely N-dealkylation sites (tertiary alicyclic amines) is 1. The van der Waals surface area contributed by atoms with Crippen molar-refractivity contribution in [2.75, 3.05) is 44.7 Å². The molecule has 1 saturated carbocycles. The van der Waals surface area contributed by atoms with Crippen molar-refractivity contribution in [3.8, 4) is 0 Å². The maximum Gasteiger partial charge on any atom is 0.308 e. The SMILES string of the molecule is CN1CC2(CC2)CC(C(=O)O)C1C(=O)N1CCN(c2ccc(Cl)cc2)CC1. The molecule has 0 bridgehead atoms. The Morgan fingerprint density at radius 2 is 1.74 bits per heavy atom. The molecule has 2 heterocycles. The Labute approximate surface area is 164 Å². The molecule has 146 valence electrons. The zero-order valence-corrected chi connectivity index (χ0v) is 16.4. The summed E-state index contributed by atoms with van der Waals surface area (Å²) in [5, 5.41) is 10.4. The van der Waals surface area contributed by atoms with E-state index in [4.69, 9.17) is 11.6 Å². The van der Waals surface area contributed by atoms with Gasteiger partial charge in [-0.2, -0.15) is 0 Å². The fraction of sp³-hybridized carbons (Fsp3) is 0.600. The number of benzene rings is 1. The van der Waals surface area contributed by atoms with Crippen LogP contribution < -0.4 is 4.90 Å². The molecule has 0 aromatic heterocycles. The van der Waals surface area contributed by atoms with Crippen LogP contribution in [-0.2, 0) is 9.59 Å². The molecule has 3 aliphatic rings. The van der Waals surface area contributed by atoms with Crippen LogP contribution in [0.1, 0.15) is 19.3 Å². The number of halogens is 1. The Hall–Kier alpha value is -1.79. The van der Waals surface area contributed by atoms with Crippen LogP contribution in [0, 0.1) is 11.3 Å². The predicted octanol–water partition coefficient (Wildman–Crippen LogP) is 2.17. The molecule has 2 unspecified atom stereocenters. The molecule has 1 N–H and O–H groups in total. The van der Waals surface area contributed by atoms with Crippen molar-refractivity contribution in [3.63, 3.8) is 0 Å². The molecule has 7 heteroatoms. The minimum atomic E-state index is -0.842. The van der Waals surface area contributed by atoms with E-state index in [0.717, 1.165) is 38.2 Å². The van der Waals surface area contributed by atoms with Gasteiger partial charge in [0.25, 0.3) is 0 Å². The molecule has 3 fully saturated rings. The first kappa shape index (κ1) is 18.6. The van der Waals surface area contributed by atoms with E-state index in [1.165, 1.54) is 0 Å². The molecule has 6 nitrogen and oxygen atoms in total. The molecule has 2 saturated heterocycles. The van der Waals surface area contributed by atoms with Crippen LogP contribution in [0.2, 0.25) is 5.02 Å². The van der Waals surface area contributed by atoms with Gasteiger partial charge in [0.1, 0.15) is 6.04 Å². The highest BCUT2D eigenvalue weighted by atomic mass is 35.5. The third kappa shape index (κ3) is 3.65. The molecule has 2 atom stereocenters. The quantitative estimate of drug-likeness (QED) is 0.855. The van der Waals surface area contributed by atoms with Crippen LogP contribution in [-0.4, -0.2) is 72.6 Å². The fourth-order valence-corrected chi connectivity index (χ4v) is 4.85. The zero-order valence-electron chi connectivity index (χ0n) is 15.6. The second-order valence-corrected chi connectivity index (χ2v) is 8.73. The third-order valence-corrected chi connectivity index (χ3v) is 6.66. The fourth-order valence-electron chi connectivity index (χ4n) is 4.72. The number of likely N-dealkylation sites (N-methyl/N-ethyl adjacent to an activating group) is 1. The van der Waals surface area contributed by atoms with E-state index < -0.39 is 17.9 Å². The highest BCUT2D eigenvalue weighted by Crippen LogP contribution is 2.54. The molecule has 4 rings (SSSR count). The Morgan fingerprint density at radius 3 is 2.30 bits per heavy atom. The number of rotatable bonds is 3. The van der Waals surface area contributed by atoms with Crippen LogP contribution in [0.5, 0.6) is 0 Å². The van der Waals surface area contributed by atoms with Crippen LogP contribution in [0.3, 0.4) is 0 Å². The highest BCUT2D eigenvalue weighted by molar-refractivity contribution is 6.30. The molecule has 0 radical (unpaired) electrons. The van der Waals surface area contributed by atoms with Crippen molar-refractivity contribution in [1.29, 1.82) is 0 Å². The minimum Gasteiger partial charge on any atom is -0.481 e. The molecular weight excluding hydrogens is 366 g/mol. The monoisotopic (exact) mass is 391 g/mol. The first-order valence-electron chi connectivity index (χ1n) is 9.61. The summed E-state index contributed by atoms with van der Waals surface area (Å²) in [6.45, 7) is 3.54. The van der Waals surface area contributed by atoms with Crippen LogP contribution in [0.4, 0.5) is 5.69 Å². The zero-order chi connectivity index (χ0) is 19.2. The van der Waals surface area contributed by atoms with Crippen LogP contribution >= 0.6 is 11.6 Å². The summed E-state index contributed by atoms with van der Waals surface area (Å²) < 4.78 is 0. The van der Waals surface area contributed by atoms with Crippen molar-refractivity contribution >= 4 is 29.2 Å². The number of anilines is 1. The van der Waals surface area contributed by atoms with Crippen molar-refractivity contribution < 1.29 is 14.7 Å². The van der Waals surface area contributed by atoms with E-state index in [1.54, 1.807) is 0 Å². The van der Waals surface area contributed by atoms with Crippen molar-refractivity contribution in [1.82, 2.24) is 9.80 Å². The van der Waals surface area contributed by atoms with Crippen LogP contribution in [0.25, 0.3) is 0 Å². The topological polar surface area (TPSA) is 64.1 Å². The molecule has 1 spiro atoms. The van der Waals surface area contributed by atoms with E-state index in [0.29, 0.717) is 24.5 Å². The van der Waals surface area contributed by atoms with Crippen molar-refractivity contribution in [3.05, 3.63) is 29.3 Å². The second kappa shape index (κ2) is 6.99. The lowest BCUT2D eigenvalue weighted by molar-refractivity contribution is -0.156. The van der Waals surface area contributed by atoms with E-state index >= 15 is 0 Å². The van der Waals surface area contributed by atoms with Gasteiger partial charge in [0.2, 0.25) is 5.91 Å². The highest BCUT2D eigenvalue weighted by Gasteiger charge is 2.55. The first-order valence-corrected chi connectivity index (χ1v) is 9.99. The van der Waals surface area contributed by atoms with E-state index in [2.05, 4.69) is 4.90 Å². The van der Waals surface area contributed by atoms with Crippen molar-refractivity contribution in [2.24, 2.45) is 11.3 Å². The molecule has 2 aliphatic heterocycles. The molecule has 1 aliphatic carbocycles. The summed E-state index contributed by atoms with van der Waals surface area (Å²) in [4.78, 5) is 31.1. The average molecular weight is 392 g/mol. The number of aliphatic carboxylic acids is 1. The normalized spacial score (nSPS) is 27.6. The van der Waals surface area contributed by atoms with E-state index in [-0.39, 0.29) is 11.3 Å². The summed E-state index contributed by atoms with van der Waals surface area (Å²) >= 11 is 5.95. The average Bonchev–Trinajstić information content (AvgIpc) is 3.40. The summed E-state index contributed by atoms with van der Waals surface area (Å²) in [5.41, 5.74) is 1.24. The number of carbonyl (C=O) groups is 2. The lowest BCUT2D eigenvalue weighted by Crippen LogP contribution is -2.60. The number of carboxylic acids is 1. The second-order valence-electron chi connectivity index (χ2n) is 8.30. The molecular formula is C20H26ClN3O3. The van der Waals surface area contributed by atoms with Gasteiger partial charge in [-0.15, -0.1) is 0 Å². The largest absolute Gasteiger partial charge is 0.481 e. The van der Waals surface area contributed by atoms with Gasteiger partial charge < -0.3 is 14.9 Å². The summed E-state index contributed by atoms with van der Waals surface area (Å²) in [7, 11) is 1.90. The lowest BCUT2D eigenvalue weighted by Gasteiger charge is -2.44. The number of piperazine rings is 1. The van der Waals surface area contributed by atoms with Gasteiger partial charge in [0, 0.05) is 43.4 Å². The van der Waals surface area contributed by atoms with Gasteiger partial charge in [-0.1, -0.05) is 11.6 Å². The van der Waals surface area contributed by atoms with Gasteiger partial charge in [-0.25, -0.2) is 0 Å². The number of nitrogens with zero attached hydrogens (tertiary/aromatic N) is 3. The van der Waals surface area contributed by atoms with Gasteiger partial charge in [-0.05, 0) is 56.0 Å². The molecule has 27 heavy (non-hydrogen) atoms. The Bertz CT molecular complexity index is 726. The summed E-state index contributed by atoms with van der Waals surface area (Å²) in [5.74, 6) is -1.48. The maximum absolute atomic E-state index is 13.2. The Balaban J connectivity index is 1.42. The third-order valence-electron chi connectivity index (χ3n) is 6.40. The van der Waals surface area contributed by atoms with Crippen molar-refractivity contribution in [2.45, 2.75) is 25.3 Å². The predicted molar refractivity (Wildman–Crippen MR) is 104 cm³/mol. The number of piperidine rings is 1. The minimum absolute atomic E-state index is 0.0313. The van der Waals surface area contributed by atoms with E-state index in [1.807, 2.05) is 41.1 Å². The number of hydrogen-bond acceptors (Lipinski definition) is 4. The number of carboxylic acid groups (broad SMARTS) is 1. The number of amides is 1. The van der Waals surface area contributed by atoms with Gasteiger partial charge in [0.15, 0.2) is 0 Å². The standard InChI is InChI=1S/C20H26ClN3O3/c1-22-13-20(6-7-20)12-16(19(26)27)17(22)18(25)24-10-8-23(9-11-24)15-4-2-14(21)3-5-15/h2-5,16-17H,6-13H2,1H3,(H,26,27). The molecule has 1 amide bonds. The summed E-state index contributed by atoms with van der Waals surface area (Å²) in [6.07, 6.45) is 2.80. The summed E-state index contributed by atoms with van der Waals surface area (Å²) in [6, 6.07) is 7.18. The lowest BCUT2D eigenvalue weighted by atomic mass is 9.80. The number of hydrogen-bond donors (Lipinski definition) is 1. The smallest absolute Gasteiger partial charge is 0.308 e. The van der Waals surface area contributed by atoms with Gasteiger partial charge in [-0.3, -0.25) is 14.5 Å². The molecule has 1 aromatic rings. The molecule has 1 aromatic carbocycles. The Kier molecular flexibility index (Phi) is 4.80. The van der Waals surface area contributed by atoms with E-state index in [9.17, 15) is 14.7 Å². The maximum atomic E-state index is 13.2. The van der Waals surface area contributed by atoms with Gasteiger partial charge in [0.05, 0.1) is 5.92 Å². The Morgan fingerprint density at radius 1 is 1.11 bits per heavy atom. The number of carbonyl (C=O) groups excluding carboxylic acids is 1. The first-order chi connectivity index (χ1) is 12.9. The van der Waals surface area contributed by atoms with Gasteiger partial charge >= 0.3 is 5.97 Å².